The summed E-state index contributed by atoms with van der Waals surface area (Å²) < 4.78 is 8.71. The first kappa shape index (κ1) is 15.0. The Morgan fingerprint density at radius 2 is 2.26 bits per heavy atom. The fourth-order valence-electron chi connectivity index (χ4n) is 2.92. The lowest BCUT2D eigenvalue weighted by Crippen LogP contribution is -2.35. The third-order valence-electron chi connectivity index (χ3n) is 3.88. The van der Waals surface area contributed by atoms with Gasteiger partial charge >= 0.3 is 0 Å². The summed E-state index contributed by atoms with van der Waals surface area (Å²) in [7, 11) is 2.01. The number of hydrogen-bond acceptors (Lipinski definition) is 3. The van der Waals surface area contributed by atoms with Crippen LogP contribution in [0, 0.1) is 5.92 Å². The van der Waals surface area contributed by atoms with E-state index in [4.69, 9.17) is 4.74 Å². The molecule has 1 unspecified atom stereocenters. The summed E-state index contributed by atoms with van der Waals surface area (Å²) >= 11 is 3.61. The summed E-state index contributed by atoms with van der Waals surface area (Å²) in [6.45, 7) is 6.04. The molecule has 1 atom stereocenters. The van der Waals surface area contributed by atoms with Crippen molar-refractivity contribution in [2.45, 2.75) is 45.3 Å². The molecule has 1 fully saturated rings. The van der Waals surface area contributed by atoms with Crippen LogP contribution in [0.5, 0.6) is 0 Å². The number of rotatable bonds is 7. The maximum absolute atomic E-state index is 5.64. The number of halogens is 1. The first-order chi connectivity index (χ1) is 9.15. The standard InChI is InChI=1S/C14H24BrN3O/c1-4-16-13(14-12(15)9-17-18(14)3)8-10-6-11(7-10)19-5-2/h9-11,13,16H,4-8H2,1-3H3. The molecule has 1 aromatic heterocycles. The van der Waals surface area contributed by atoms with Gasteiger partial charge in [-0.1, -0.05) is 6.92 Å². The quantitative estimate of drug-likeness (QED) is 0.835. The number of nitrogens with zero attached hydrogens (tertiary/aromatic N) is 2. The van der Waals surface area contributed by atoms with Crippen molar-refractivity contribution in [1.29, 1.82) is 0 Å². The van der Waals surface area contributed by atoms with Gasteiger partial charge in [-0.2, -0.15) is 5.10 Å². The van der Waals surface area contributed by atoms with E-state index in [-0.39, 0.29) is 0 Å². The van der Waals surface area contributed by atoms with Crippen molar-refractivity contribution in [3.05, 3.63) is 16.4 Å². The molecule has 1 aromatic rings. The van der Waals surface area contributed by atoms with Crippen LogP contribution in [0.25, 0.3) is 0 Å². The number of aromatic nitrogens is 2. The Bertz CT molecular complexity index is 382. The molecule has 1 aliphatic rings. The van der Waals surface area contributed by atoms with Gasteiger partial charge in [-0.05, 0) is 54.6 Å². The molecule has 19 heavy (non-hydrogen) atoms. The number of nitrogens with one attached hydrogen (secondary N) is 1. The fraction of sp³-hybridized carbons (Fsp3) is 0.786. The minimum Gasteiger partial charge on any atom is -0.378 e. The number of aryl methyl sites for hydroxylation is 1. The molecular formula is C14H24BrN3O. The molecule has 1 N–H and O–H groups in total. The van der Waals surface area contributed by atoms with Crippen LogP contribution >= 0.6 is 15.9 Å². The van der Waals surface area contributed by atoms with Crippen LogP contribution in [-0.2, 0) is 11.8 Å². The zero-order valence-corrected chi connectivity index (χ0v) is 13.6. The summed E-state index contributed by atoms with van der Waals surface area (Å²) in [5, 5.41) is 7.90. The van der Waals surface area contributed by atoms with Crippen LogP contribution in [0.1, 0.15) is 44.8 Å². The number of ether oxygens (including phenoxy) is 1. The second-order valence-electron chi connectivity index (χ2n) is 5.26. The van der Waals surface area contributed by atoms with Crippen LogP contribution in [-0.4, -0.2) is 29.0 Å². The van der Waals surface area contributed by atoms with E-state index in [1.165, 1.54) is 18.5 Å². The minimum absolute atomic E-state index is 0.374. The molecule has 0 bridgehead atoms. The second kappa shape index (κ2) is 6.86. The van der Waals surface area contributed by atoms with Crippen molar-refractivity contribution < 1.29 is 4.74 Å². The Morgan fingerprint density at radius 1 is 1.53 bits per heavy atom. The molecule has 0 aliphatic heterocycles. The molecular weight excluding hydrogens is 306 g/mol. The van der Waals surface area contributed by atoms with Gasteiger partial charge in [0, 0.05) is 13.7 Å². The van der Waals surface area contributed by atoms with Crippen molar-refractivity contribution in [3.63, 3.8) is 0 Å². The van der Waals surface area contributed by atoms with Gasteiger partial charge in [0.25, 0.3) is 0 Å². The lowest BCUT2D eigenvalue weighted by molar-refractivity contribution is -0.0293. The van der Waals surface area contributed by atoms with Crippen molar-refractivity contribution >= 4 is 15.9 Å². The fourth-order valence-corrected chi connectivity index (χ4v) is 3.55. The van der Waals surface area contributed by atoms with E-state index in [0.717, 1.165) is 30.0 Å². The Labute approximate surface area is 124 Å². The summed E-state index contributed by atoms with van der Waals surface area (Å²) in [4.78, 5) is 0. The Balaban J connectivity index is 1.94. The Morgan fingerprint density at radius 3 is 2.79 bits per heavy atom. The molecule has 108 valence electrons. The SMILES string of the molecule is CCNC(CC1CC(OCC)C1)c1c(Br)cnn1C. The number of hydrogen-bond donors (Lipinski definition) is 1. The van der Waals surface area contributed by atoms with Gasteiger partial charge in [0.15, 0.2) is 0 Å². The average molecular weight is 330 g/mol. The minimum atomic E-state index is 0.374. The highest BCUT2D eigenvalue weighted by molar-refractivity contribution is 9.10. The molecule has 0 aromatic carbocycles. The van der Waals surface area contributed by atoms with E-state index in [2.05, 4.69) is 40.2 Å². The normalized spacial score (nSPS) is 24.2. The first-order valence-corrected chi connectivity index (χ1v) is 7.97. The third kappa shape index (κ3) is 3.58. The summed E-state index contributed by atoms with van der Waals surface area (Å²) in [5.74, 6) is 0.766. The van der Waals surface area contributed by atoms with Gasteiger partial charge in [0.05, 0.1) is 28.5 Å². The van der Waals surface area contributed by atoms with Crippen LogP contribution in [0.2, 0.25) is 0 Å². The maximum Gasteiger partial charge on any atom is 0.0692 e. The van der Waals surface area contributed by atoms with Crippen molar-refractivity contribution in [1.82, 2.24) is 15.1 Å². The molecule has 1 saturated carbocycles. The van der Waals surface area contributed by atoms with E-state index in [1.54, 1.807) is 0 Å². The van der Waals surface area contributed by atoms with Crippen LogP contribution in [0.15, 0.2) is 10.7 Å². The summed E-state index contributed by atoms with van der Waals surface area (Å²) in [5.41, 5.74) is 1.25. The highest BCUT2D eigenvalue weighted by atomic mass is 79.9. The maximum atomic E-state index is 5.64. The van der Waals surface area contributed by atoms with Crippen LogP contribution in [0.3, 0.4) is 0 Å². The first-order valence-electron chi connectivity index (χ1n) is 7.18. The highest BCUT2D eigenvalue weighted by Crippen LogP contribution is 2.38. The molecule has 5 heteroatoms. The van der Waals surface area contributed by atoms with Crippen LogP contribution < -0.4 is 5.32 Å². The van der Waals surface area contributed by atoms with E-state index in [0.29, 0.717) is 12.1 Å². The van der Waals surface area contributed by atoms with Gasteiger partial charge in [-0.25, -0.2) is 0 Å². The Kier molecular flexibility index (Phi) is 5.42. The van der Waals surface area contributed by atoms with Gasteiger partial charge in [-0.3, -0.25) is 4.68 Å². The second-order valence-corrected chi connectivity index (χ2v) is 6.12. The third-order valence-corrected chi connectivity index (χ3v) is 4.49. The molecule has 0 amide bonds. The smallest absolute Gasteiger partial charge is 0.0692 e. The van der Waals surface area contributed by atoms with E-state index < -0.39 is 0 Å². The molecule has 0 radical (unpaired) electrons. The van der Waals surface area contributed by atoms with Gasteiger partial charge < -0.3 is 10.1 Å². The monoisotopic (exact) mass is 329 g/mol. The predicted octanol–water partition coefficient (Wildman–Crippen LogP) is 3.04. The molecule has 0 saturated heterocycles. The van der Waals surface area contributed by atoms with Crippen molar-refractivity contribution in [2.75, 3.05) is 13.2 Å². The van der Waals surface area contributed by atoms with Crippen molar-refractivity contribution in [3.8, 4) is 0 Å². The molecule has 4 nitrogen and oxygen atoms in total. The van der Waals surface area contributed by atoms with E-state index >= 15 is 0 Å². The van der Waals surface area contributed by atoms with E-state index in [1.807, 2.05) is 17.9 Å². The van der Waals surface area contributed by atoms with Gasteiger partial charge in [0.1, 0.15) is 0 Å². The van der Waals surface area contributed by atoms with Gasteiger partial charge in [-0.15, -0.1) is 0 Å². The molecule has 2 rings (SSSR count). The zero-order chi connectivity index (χ0) is 13.8. The summed E-state index contributed by atoms with van der Waals surface area (Å²) in [6.07, 6.45) is 5.93. The summed E-state index contributed by atoms with van der Waals surface area (Å²) in [6, 6.07) is 0.374. The topological polar surface area (TPSA) is 39.1 Å². The lowest BCUT2D eigenvalue weighted by atomic mass is 9.77. The van der Waals surface area contributed by atoms with Crippen LogP contribution in [0.4, 0.5) is 0 Å². The largest absolute Gasteiger partial charge is 0.378 e. The average Bonchev–Trinajstić information content (AvgIpc) is 2.65. The highest BCUT2D eigenvalue weighted by Gasteiger charge is 2.32. The predicted molar refractivity (Wildman–Crippen MR) is 80.1 cm³/mol. The molecule has 1 heterocycles. The lowest BCUT2D eigenvalue weighted by Gasteiger charge is -2.37. The van der Waals surface area contributed by atoms with Gasteiger partial charge in [0.2, 0.25) is 0 Å². The molecule has 0 spiro atoms. The Hall–Kier alpha value is -0.390. The van der Waals surface area contributed by atoms with E-state index in [9.17, 15) is 0 Å². The van der Waals surface area contributed by atoms with Crippen molar-refractivity contribution in [2.24, 2.45) is 13.0 Å². The molecule has 1 aliphatic carbocycles. The zero-order valence-electron chi connectivity index (χ0n) is 12.0.